The highest BCUT2D eigenvalue weighted by Crippen LogP contribution is 2.18. The van der Waals surface area contributed by atoms with Gasteiger partial charge in [0.15, 0.2) is 0 Å². The highest BCUT2D eigenvalue weighted by atomic mass is 15.2. The largest absolute Gasteiger partial charge is 0.353 e. The first kappa shape index (κ1) is 12.8. The fourth-order valence-electron chi connectivity index (χ4n) is 2.84. The van der Waals surface area contributed by atoms with Crippen molar-refractivity contribution in [2.75, 3.05) is 31.1 Å². The molecule has 5 heteroatoms. The third kappa shape index (κ3) is 2.87. The number of nitrogens with zero attached hydrogens (tertiary/aromatic N) is 3. The summed E-state index contributed by atoms with van der Waals surface area (Å²) >= 11 is 0. The van der Waals surface area contributed by atoms with Crippen LogP contribution in [0.25, 0.3) is 0 Å². The lowest BCUT2D eigenvalue weighted by atomic mass is 10.1. The topological polar surface area (TPSA) is 53.1 Å². The molecule has 19 heavy (non-hydrogen) atoms. The van der Waals surface area contributed by atoms with Crippen LogP contribution in [0.3, 0.4) is 0 Å². The summed E-state index contributed by atoms with van der Waals surface area (Å²) in [6.45, 7) is 7.24. The van der Waals surface area contributed by atoms with Crippen molar-refractivity contribution in [3.63, 3.8) is 0 Å². The van der Waals surface area contributed by atoms with E-state index in [1.54, 1.807) is 0 Å². The van der Waals surface area contributed by atoms with Gasteiger partial charge in [-0.2, -0.15) is 0 Å². The summed E-state index contributed by atoms with van der Waals surface area (Å²) < 4.78 is 0. The Hall–Kier alpha value is -1.20. The van der Waals surface area contributed by atoms with E-state index < -0.39 is 0 Å². The lowest BCUT2D eigenvalue weighted by Gasteiger charge is -2.28. The highest BCUT2D eigenvalue weighted by Gasteiger charge is 2.18. The Morgan fingerprint density at radius 2 is 2.16 bits per heavy atom. The van der Waals surface area contributed by atoms with Gasteiger partial charge in [0.1, 0.15) is 5.82 Å². The number of fused-ring (bicyclic) bond motifs is 1. The number of hydrogen-bond donors (Lipinski definition) is 2. The van der Waals surface area contributed by atoms with Crippen LogP contribution < -0.4 is 15.5 Å². The van der Waals surface area contributed by atoms with Gasteiger partial charge in [-0.15, -0.1) is 0 Å². The highest BCUT2D eigenvalue weighted by molar-refractivity contribution is 5.38. The van der Waals surface area contributed by atoms with Gasteiger partial charge < -0.3 is 15.5 Å². The minimum Gasteiger partial charge on any atom is -0.353 e. The van der Waals surface area contributed by atoms with Crippen molar-refractivity contribution in [2.45, 2.75) is 38.8 Å². The van der Waals surface area contributed by atoms with Crippen LogP contribution in [0.2, 0.25) is 0 Å². The van der Waals surface area contributed by atoms with E-state index in [1.165, 1.54) is 18.5 Å². The maximum absolute atomic E-state index is 4.86. The first-order valence-corrected chi connectivity index (χ1v) is 7.40. The van der Waals surface area contributed by atoms with E-state index in [-0.39, 0.29) is 0 Å². The number of aromatic nitrogens is 2. The van der Waals surface area contributed by atoms with Crippen molar-refractivity contribution in [2.24, 2.45) is 0 Å². The van der Waals surface area contributed by atoms with Gasteiger partial charge in [-0.25, -0.2) is 4.98 Å². The van der Waals surface area contributed by atoms with Crippen molar-refractivity contribution in [1.82, 2.24) is 20.6 Å². The molecule has 2 aliphatic rings. The molecule has 2 N–H and O–H groups in total. The summed E-state index contributed by atoms with van der Waals surface area (Å²) in [5.41, 5.74) is 2.33. The monoisotopic (exact) mass is 261 g/mol. The molecule has 0 saturated carbocycles. The van der Waals surface area contributed by atoms with Crippen LogP contribution in [0.15, 0.2) is 6.20 Å². The van der Waals surface area contributed by atoms with Gasteiger partial charge in [-0.05, 0) is 19.3 Å². The number of nitrogens with one attached hydrogen (secondary N) is 2. The molecule has 1 aromatic rings. The Labute approximate surface area is 114 Å². The molecule has 3 rings (SSSR count). The lowest BCUT2D eigenvalue weighted by molar-refractivity contribution is 0.481. The number of piperazine rings is 1. The second kappa shape index (κ2) is 5.84. The third-order valence-corrected chi connectivity index (χ3v) is 4.14. The van der Waals surface area contributed by atoms with E-state index in [2.05, 4.69) is 27.4 Å². The number of rotatable bonds is 2. The van der Waals surface area contributed by atoms with Crippen molar-refractivity contribution in [3.8, 4) is 0 Å². The van der Waals surface area contributed by atoms with Gasteiger partial charge in [0.2, 0.25) is 0 Å². The molecule has 3 heterocycles. The van der Waals surface area contributed by atoms with Crippen LogP contribution >= 0.6 is 0 Å². The Morgan fingerprint density at radius 1 is 1.32 bits per heavy atom. The zero-order valence-electron chi connectivity index (χ0n) is 11.7. The molecule has 1 unspecified atom stereocenters. The van der Waals surface area contributed by atoms with Gasteiger partial charge in [0.25, 0.3) is 0 Å². The summed E-state index contributed by atoms with van der Waals surface area (Å²) in [7, 11) is 0. The minimum absolute atomic E-state index is 0.610. The van der Waals surface area contributed by atoms with Gasteiger partial charge in [0, 0.05) is 38.8 Å². The Balaban J connectivity index is 1.77. The van der Waals surface area contributed by atoms with E-state index >= 15 is 0 Å². The van der Waals surface area contributed by atoms with E-state index in [1.807, 2.05) is 6.20 Å². The quantitative estimate of drug-likeness (QED) is 0.821. The average Bonchev–Trinajstić information content (AvgIpc) is 2.69. The van der Waals surface area contributed by atoms with E-state index in [0.717, 1.165) is 50.7 Å². The molecular weight excluding hydrogens is 238 g/mol. The van der Waals surface area contributed by atoms with Crippen LogP contribution in [-0.2, 0) is 13.0 Å². The second-order valence-corrected chi connectivity index (χ2v) is 5.38. The number of hydrogen-bond acceptors (Lipinski definition) is 5. The maximum Gasteiger partial charge on any atom is 0.147 e. The molecule has 104 valence electrons. The molecule has 1 saturated heterocycles. The third-order valence-electron chi connectivity index (χ3n) is 4.14. The van der Waals surface area contributed by atoms with Gasteiger partial charge in [-0.3, -0.25) is 4.98 Å². The lowest BCUT2D eigenvalue weighted by Crippen LogP contribution is -2.44. The molecule has 1 atom stereocenters. The molecule has 0 radical (unpaired) electrons. The average molecular weight is 261 g/mol. The van der Waals surface area contributed by atoms with Crippen molar-refractivity contribution < 1.29 is 0 Å². The van der Waals surface area contributed by atoms with Crippen LogP contribution in [0.5, 0.6) is 0 Å². The van der Waals surface area contributed by atoms with Gasteiger partial charge >= 0.3 is 0 Å². The van der Waals surface area contributed by atoms with Crippen LogP contribution in [0, 0.1) is 0 Å². The SMILES string of the molecule is CCC1CCc2nc(N3CCNCC3)cnc2CN1. The summed E-state index contributed by atoms with van der Waals surface area (Å²) in [5, 5.41) is 6.93. The van der Waals surface area contributed by atoms with Crippen molar-refractivity contribution in [3.05, 3.63) is 17.6 Å². The van der Waals surface area contributed by atoms with Crippen molar-refractivity contribution >= 4 is 5.82 Å². The standard InChI is InChI=1S/C14H23N5/c1-2-11-3-4-12-13(9-16-11)17-10-14(18-12)19-7-5-15-6-8-19/h10-11,15-16H,2-9H2,1H3. The molecule has 0 amide bonds. The fraction of sp³-hybridized carbons (Fsp3) is 0.714. The van der Waals surface area contributed by atoms with Crippen molar-refractivity contribution in [1.29, 1.82) is 0 Å². The summed E-state index contributed by atoms with van der Waals surface area (Å²) in [6, 6.07) is 0.610. The van der Waals surface area contributed by atoms with E-state index in [0.29, 0.717) is 6.04 Å². The molecule has 0 spiro atoms. The van der Waals surface area contributed by atoms with Gasteiger partial charge in [-0.1, -0.05) is 6.92 Å². The summed E-state index contributed by atoms with van der Waals surface area (Å²) in [6.07, 6.45) is 5.34. The second-order valence-electron chi connectivity index (χ2n) is 5.38. The maximum atomic E-state index is 4.86. The molecule has 5 nitrogen and oxygen atoms in total. The Kier molecular flexibility index (Phi) is 3.94. The Morgan fingerprint density at radius 3 is 2.95 bits per heavy atom. The van der Waals surface area contributed by atoms with Crippen LogP contribution in [0.4, 0.5) is 5.82 Å². The molecular formula is C14H23N5. The molecule has 2 aliphatic heterocycles. The molecule has 0 bridgehead atoms. The first-order chi connectivity index (χ1) is 9.36. The Bertz CT molecular complexity index is 428. The number of anilines is 1. The van der Waals surface area contributed by atoms with Gasteiger partial charge in [0.05, 0.1) is 17.6 Å². The smallest absolute Gasteiger partial charge is 0.147 e. The summed E-state index contributed by atoms with van der Waals surface area (Å²) in [4.78, 5) is 11.8. The predicted molar refractivity (Wildman–Crippen MR) is 76.4 cm³/mol. The van der Waals surface area contributed by atoms with Crippen LogP contribution in [0.1, 0.15) is 31.2 Å². The zero-order valence-corrected chi connectivity index (χ0v) is 11.7. The summed E-state index contributed by atoms with van der Waals surface area (Å²) in [5.74, 6) is 1.05. The fourth-order valence-corrected chi connectivity index (χ4v) is 2.84. The minimum atomic E-state index is 0.610. The predicted octanol–water partition coefficient (Wildman–Crippen LogP) is 0.701. The van der Waals surface area contributed by atoms with Crippen LogP contribution in [-0.4, -0.2) is 42.2 Å². The number of aryl methyl sites for hydroxylation is 1. The van der Waals surface area contributed by atoms with E-state index in [9.17, 15) is 0 Å². The molecule has 0 aliphatic carbocycles. The molecule has 0 aromatic carbocycles. The molecule has 1 fully saturated rings. The zero-order chi connectivity index (χ0) is 13.1. The normalized spacial score (nSPS) is 23.8. The first-order valence-electron chi connectivity index (χ1n) is 7.40. The molecule has 1 aromatic heterocycles. The van der Waals surface area contributed by atoms with E-state index in [4.69, 9.17) is 4.98 Å².